The molecule has 0 N–H and O–H groups in total. The lowest BCUT2D eigenvalue weighted by atomic mass is 10.1. The summed E-state index contributed by atoms with van der Waals surface area (Å²) in [6, 6.07) is 16.2. The summed E-state index contributed by atoms with van der Waals surface area (Å²) >= 11 is 1.70. The molecule has 0 saturated heterocycles. The van der Waals surface area contributed by atoms with Crippen LogP contribution >= 0.6 is 11.3 Å². The molecule has 0 aliphatic heterocycles. The summed E-state index contributed by atoms with van der Waals surface area (Å²) < 4.78 is 6.38. The zero-order valence-electron chi connectivity index (χ0n) is 12.1. The van der Waals surface area contributed by atoms with Gasteiger partial charge >= 0.3 is 5.97 Å². The summed E-state index contributed by atoms with van der Waals surface area (Å²) in [5.41, 5.74) is 2.81. The minimum atomic E-state index is -0.262. The van der Waals surface area contributed by atoms with Crippen molar-refractivity contribution in [1.82, 2.24) is 0 Å². The van der Waals surface area contributed by atoms with E-state index in [0.717, 1.165) is 10.4 Å². The van der Waals surface area contributed by atoms with Crippen LogP contribution in [0.25, 0.3) is 20.5 Å². The van der Waals surface area contributed by atoms with Gasteiger partial charge in [0.15, 0.2) is 0 Å². The molecule has 0 atom stereocenters. The lowest BCUT2D eigenvalue weighted by Crippen LogP contribution is -2.05. The second-order valence-electron chi connectivity index (χ2n) is 4.92. The van der Waals surface area contributed by atoms with E-state index in [1.165, 1.54) is 15.6 Å². The average Bonchev–Trinajstić information content (AvgIpc) is 2.90. The van der Waals surface area contributed by atoms with Crippen LogP contribution in [0.5, 0.6) is 0 Å². The summed E-state index contributed by atoms with van der Waals surface area (Å²) in [4.78, 5) is 13.2. The highest BCUT2D eigenvalue weighted by atomic mass is 32.1. The van der Waals surface area contributed by atoms with E-state index in [1.807, 2.05) is 31.2 Å². The minimum Gasteiger partial charge on any atom is -0.462 e. The number of hydrogen-bond acceptors (Lipinski definition) is 3. The number of carbonyl (C=O) groups is 1. The van der Waals surface area contributed by atoms with E-state index in [0.29, 0.717) is 12.2 Å². The van der Waals surface area contributed by atoms with Gasteiger partial charge in [0.1, 0.15) is 0 Å². The van der Waals surface area contributed by atoms with Gasteiger partial charge in [-0.2, -0.15) is 0 Å². The van der Waals surface area contributed by atoms with Crippen LogP contribution in [0.4, 0.5) is 0 Å². The molecule has 3 heteroatoms. The number of aryl methyl sites for hydroxylation is 1. The predicted molar refractivity (Wildman–Crippen MR) is 88.0 cm³/mol. The molecule has 0 saturated carbocycles. The molecule has 0 fully saturated rings. The maximum Gasteiger partial charge on any atom is 0.338 e. The summed E-state index contributed by atoms with van der Waals surface area (Å²) in [6.07, 6.45) is 0. The van der Waals surface area contributed by atoms with Crippen molar-refractivity contribution in [3.8, 4) is 10.4 Å². The summed E-state index contributed by atoms with van der Waals surface area (Å²) in [5, 5.41) is 1.22. The van der Waals surface area contributed by atoms with E-state index in [2.05, 4.69) is 31.2 Å². The third-order valence-electron chi connectivity index (χ3n) is 3.36. The van der Waals surface area contributed by atoms with Crippen LogP contribution in [0.1, 0.15) is 22.8 Å². The standard InChI is InChI=1S/C18H16O2S/c1-3-20-18(19)15-7-5-4-6-14(15)17-11-13-10-12(2)8-9-16(13)21-17/h4-11H,3H2,1-2H3. The van der Waals surface area contributed by atoms with Crippen LogP contribution in [0.15, 0.2) is 48.5 Å². The second kappa shape index (κ2) is 5.70. The van der Waals surface area contributed by atoms with E-state index in [4.69, 9.17) is 4.74 Å². The van der Waals surface area contributed by atoms with Gasteiger partial charge in [-0.15, -0.1) is 11.3 Å². The van der Waals surface area contributed by atoms with Crippen LogP contribution in [-0.4, -0.2) is 12.6 Å². The van der Waals surface area contributed by atoms with Gasteiger partial charge < -0.3 is 4.74 Å². The van der Waals surface area contributed by atoms with E-state index in [-0.39, 0.29) is 5.97 Å². The van der Waals surface area contributed by atoms with Crippen LogP contribution in [0.2, 0.25) is 0 Å². The van der Waals surface area contributed by atoms with Crippen LogP contribution < -0.4 is 0 Å². The molecular formula is C18H16O2S. The van der Waals surface area contributed by atoms with Gasteiger partial charge in [0.05, 0.1) is 12.2 Å². The fourth-order valence-corrected chi connectivity index (χ4v) is 3.46. The van der Waals surface area contributed by atoms with Crippen LogP contribution in [0, 0.1) is 6.92 Å². The maximum atomic E-state index is 12.1. The molecule has 0 aliphatic rings. The molecular weight excluding hydrogens is 280 g/mol. The molecule has 0 bridgehead atoms. The van der Waals surface area contributed by atoms with Gasteiger partial charge in [0.2, 0.25) is 0 Å². The van der Waals surface area contributed by atoms with Crippen LogP contribution in [0.3, 0.4) is 0 Å². The van der Waals surface area contributed by atoms with Crippen molar-refractivity contribution < 1.29 is 9.53 Å². The molecule has 21 heavy (non-hydrogen) atoms. The molecule has 3 aromatic rings. The first-order valence-corrected chi connectivity index (χ1v) is 7.77. The second-order valence-corrected chi connectivity index (χ2v) is 6.00. The molecule has 1 aromatic heterocycles. The van der Waals surface area contributed by atoms with E-state index in [1.54, 1.807) is 11.3 Å². The summed E-state index contributed by atoms with van der Waals surface area (Å²) in [6.45, 7) is 4.30. The normalized spacial score (nSPS) is 10.8. The number of hydrogen-bond donors (Lipinski definition) is 0. The van der Waals surface area contributed by atoms with Crippen LogP contribution in [-0.2, 0) is 4.74 Å². The Labute approximate surface area is 128 Å². The third-order valence-corrected chi connectivity index (χ3v) is 4.51. The van der Waals surface area contributed by atoms with Gasteiger partial charge in [-0.05, 0) is 37.4 Å². The van der Waals surface area contributed by atoms with Crippen molar-refractivity contribution in [3.63, 3.8) is 0 Å². The van der Waals surface area contributed by atoms with Crippen molar-refractivity contribution >= 4 is 27.4 Å². The summed E-state index contributed by atoms with van der Waals surface area (Å²) in [5.74, 6) is -0.262. The van der Waals surface area contributed by atoms with Gasteiger partial charge in [0.25, 0.3) is 0 Å². The topological polar surface area (TPSA) is 26.3 Å². The monoisotopic (exact) mass is 296 g/mol. The number of carbonyl (C=O) groups excluding carboxylic acids is 1. The van der Waals surface area contributed by atoms with Crippen molar-refractivity contribution in [2.75, 3.05) is 6.61 Å². The fraction of sp³-hybridized carbons (Fsp3) is 0.167. The maximum absolute atomic E-state index is 12.1. The Kier molecular flexibility index (Phi) is 3.76. The highest BCUT2D eigenvalue weighted by Gasteiger charge is 2.15. The van der Waals surface area contributed by atoms with Gasteiger partial charge in [0, 0.05) is 15.1 Å². The molecule has 2 aromatic carbocycles. The molecule has 0 spiro atoms. The fourth-order valence-electron chi connectivity index (χ4n) is 2.38. The lowest BCUT2D eigenvalue weighted by molar-refractivity contribution is 0.0527. The molecule has 0 radical (unpaired) electrons. The number of fused-ring (bicyclic) bond motifs is 1. The van der Waals surface area contributed by atoms with Crippen molar-refractivity contribution in [3.05, 3.63) is 59.7 Å². The highest BCUT2D eigenvalue weighted by Crippen LogP contribution is 2.35. The molecule has 3 rings (SSSR count). The zero-order chi connectivity index (χ0) is 14.8. The first-order valence-electron chi connectivity index (χ1n) is 6.96. The molecule has 106 valence electrons. The molecule has 2 nitrogen and oxygen atoms in total. The average molecular weight is 296 g/mol. The van der Waals surface area contributed by atoms with Gasteiger partial charge in [-0.3, -0.25) is 0 Å². The highest BCUT2D eigenvalue weighted by molar-refractivity contribution is 7.22. The largest absolute Gasteiger partial charge is 0.462 e. The Balaban J connectivity index is 2.12. The number of rotatable bonds is 3. The number of thiophene rings is 1. The molecule has 0 aliphatic carbocycles. The molecule has 0 amide bonds. The number of esters is 1. The Hall–Kier alpha value is -2.13. The third kappa shape index (κ3) is 2.69. The minimum absolute atomic E-state index is 0.262. The Morgan fingerprint density at radius 1 is 1.14 bits per heavy atom. The number of ether oxygens (including phenoxy) is 1. The van der Waals surface area contributed by atoms with E-state index < -0.39 is 0 Å². The van der Waals surface area contributed by atoms with Crippen molar-refractivity contribution in [2.45, 2.75) is 13.8 Å². The first-order chi connectivity index (χ1) is 10.2. The number of benzene rings is 2. The van der Waals surface area contributed by atoms with Crippen molar-refractivity contribution in [2.24, 2.45) is 0 Å². The Bertz CT molecular complexity index is 802. The predicted octanol–water partition coefficient (Wildman–Crippen LogP) is 5.05. The first kappa shape index (κ1) is 13.8. The molecule has 0 unspecified atom stereocenters. The Morgan fingerprint density at radius 2 is 1.95 bits per heavy atom. The van der Waals surface area contributed by atoms with Crippen molar-refractivity contribution in [1.29, 1.82) is 0 Å². The molecule has 1 heterocycles. The quantitative estimate of drug-likeness (QED) is 0.632. The smallest absolute Gasteiger partial charge is 0.338 e. The van der Waals surface area contributed by atoms with E-state index in [9.17, 15) is 4.79 Å². The van der Waals surface area contributed by atoms with Gasteiger partial charge in [-0.1, -0.05) is 35.9 Å². The zero-order valence-corrected chi connectivity index (χ0v) is 12.9. The SMILES string of the molecule is CCOC(=O)c1ccccc1-c1cc2cc(C)ccc2s1. The van der Waals surface area contributed by atoms with Gasteiger partial charge in [-0.25, -0.2) is 4.79 Å². The summed E-state index contributed by atoms with van der Waals surface area (Å²) in [7, 11) is 0. The van der Waals surface area contributed by atoms with E-state index >= 15 is 0 Å². The lowest BCUT2D eigenvalue weighted by Gasteiger charge is -2.06. The Morgan fingerprint density at radius 3 is 2.76 bits per heavy atom.